The normalized spacial score (nSPS) is 10.6. The fourth-order valence-electron chi connectivity index (χ4n) is 2.65. The Morgan fingerprint density at radius 3 is 2.59 bits per heavy atom. The van der Waals surface area contributed by atoms with Crippen molar-refractivity contribution >= 4 is 35.0 Å². The molecule has 0 atom stereocenters. The monoisotopic (exact) mass is 414 g/mol. The van der Waals surface area contributed by atoms with Crippen molar-refractivity contribution in [1.29, 1.82) is 0 Å². The SMILES string of the molecule is Nc1ncc(CNc2ccc(CCNC(=O)c3ccc(Cl)cc3F)cc2)c(N)n1. The van der Waals surface area contributed by atoms with Gasteiger partial charge >= 0.3 is 0 Å². The number of hydrogen-bond acceptors (Lipinski definition) is 6. The topological polar surface area (TPSA) is 119 Å². The minimum atomic E-state index is -0.641. The number of carbonyl (C=O) groups is 1. The molecule has 1 heterocycles. The second kappa shape index (κ2) is 9.20. The molecule has 7 nitrogen and oxygen atoms in total. The van der Waals surface area contributed by atoms with Crippen LogP contribution in [0.5, 0.6) is 0 Å². The lowest BCUT2D eigenvalue weighted by molar-refractivity contribution is 0.0950. The van der Waals surface area contributed by atoms with E-state index in [2.05, 4.69) is 20.6 Å². The molecule has 0 aliphatic carbocycles. The van der Waals surface area contributed by atoms with E-state index in [1.807, 2.05) is 24.3 Å². The van der Waals surface area contributed by atoms with Crippen molar-refractivity contribution in [3.8, 4) is 0 Å². The fraction of sp³-hybridized carbons (Fsp3) is 0.150. The average Bonchev–Trinajstić information content (AvgIpc) is 2.68. The van der Waals surface area contributed by atoms with Gasteiger partial charge in [0.25, 0.3) is 5.91 Å². The third-order valence-electron chi connectivity index (χ3n) is 4.23. The molecule has 1 amide bonds. The Hall–Kier alpha value is -3.39. The number of aromatic nitrogens is 2. The summed E-state index contributed by atoms with van der Waals surface area (Å²) in [6, 6.07) is 11.7. The van der Waals surface area contributed by atoms with E-state index in [-0.39, 0.29) is 16.5 Å². The van der Waals surface area contributed by atoms with Gasteiger partial charge in [-0.05, 0) is 42.3 Å². The van der Waals surface area contributed by atoms with Crippen LogP contribution in [0.15, 0.2) is 48.7 Å². The molecule has 3 aromatic rings. The Morgan fingerprint density at radius 2 is 1.90 bits per heavy atom. The molecule has 29 heavy (non-hydrogen) atoms. The first-order chi connectivity index (χ1) is 13.9. The number of halogens is 2. The Bertz CT molecular complexity index is 1010. The van der Waals surface area contributed by atoms with Crippen molar-refractivity contribution < 1.29 is 9.18 Å². The molecule has 0 saturated carbocycles. The molecular weight excluding hydrogens is 395 g/mol. The van der Waals surface area contributed by atoms with Crippen LogP contribution in [0, 0.1) is 5.82 Å². The highest BCUT2D eigenvalue weighted by Gasteiger charge is 2.11. The van der Waals surface area contributed by atoms with Crippen molar-refractivity contribution in [2.75, 3.05) is 23.3 Å². The van der Waals surface area contributed by atoms with E-state index in [1.165, 1.54) is 12.1 Å². The standard InChI is InChI=1S/C20H20ClFN6O/c21-14-3-6-16(17(22)9-14)19(29)25-8-7-12-1-4-15(5-2-12)26-10-13-11-27-20(24)28-18(13)23/h1-6,9,11,26H,7-8,10H2,(H,25,29)(H4,23,24,27,28). The molecule has 0 spiro atoms. The van der Waals surface area contributed by atoms with E-state index < -0.39 is 11.7 Å². The van der Waals surface area contributed by atoms with E-state index in [1.54, 1.807) is 6.20 Å². The average molecular weight is 415 g/mol. The Morgan fingerprint density at radius 1 is 1.14 bits per heavy atom. The minimum absolute atomic E-state index is 0.0279. The molecule has 0 unspecified atom stereocenters. The van der Waals surface area contributed by atoms with Gasteiger partial charge in [-0.25, -0.2) is 9.37 Å². The molecule has 150 valence electrons. The predicted molar refractivity (Wildman–Crippen MR) is 112 cm³/mol. The number of amides is 1. The van der Waals surface area contributed by atoms with Gasteiger partial charge < -0.3 is 22.1 Å². The lowest BCUT2D eigenvalue weighted by Gasteiger charge is -2.10. The number of hydrogen-bond donors (Lipinski definition) is 4. The number of anilines is 3. The van der Waals surface area contributed by atoms with E-state index in [4.69, 9.17) is 23.1 Å². The third kappa shape index (κ3) is 5.55. The number of nitrogen functional groups attached to an aromatic ring is 2. The Kier molecular flexibility index (Phi) is 6.46. The van der Waals surface area contributed by atoms with Gasteiger partial charge in [0.1, 0.15) is 11.6 Å². The zero-order valence-corrected chi connectivity index (χ0v) is 16.2. The van der Waals surface area contributed by atoms with Crippen LogP contribution in [0.2, 0.25) is 5.02 Å². The van der Waals surface area contributed by atoms with Crippen LogP contribution in [0.25, 0.3) is 0 Å². The number of benzene rings is 2. The first-order valence-corrected chi connectivity index (χ1v) is 9.23. The van der Waals surface area contributed by atoms with Gasteiger partial charge in [-0.2, -0.15) is 4.98 Å². The van der Waals surface area contributed by atoms with Crippen LogP contribution >= 0.6 is 11.6 Å². The minimum Gasteiger partial charge on any atom is -0.383 e. The molecule has 3 rings (SSSR count). The van der Waals surface area contributed by atoms with E-state index in [0.29, 0.717) is 25.3 Å². The highest BCUT2D eigenvalue weighted by atomic mass is 35.5. The number of carbonyl (C=O) groups excluding carboxylic acids is 1. The number of nitrogens with zero attached hydrogens (tertiary/aromatic N) is 2. The number of nitrogens with two attached hydrogens (primary N) is 2. The fourth-order valence-corrected chi connectivity index (χ4v) is 2.81. The smallest absolute Gasteiger partial charge is 0.254 e. The van der Waals surface area contributed by atoms with E-state index >= 15 is 0 Å². The second-order valence-corrected chi connectivity index (χ2v) is 6.76. The summed E-state index contributed by atoms with van der Waals surface area (Å²) >= 11 is 5.70. The maximum absolute atomic E-state index is 13.8. The molecule has 0 radical (unpaired) electrons. The summed E-state index contributed by atoms with van der Waals surface area (Å²) in [6.07, 6.45) is 2.20. The highest BCUT2D eigenvalue weighted by molar-refractivity contribution is 6.30. The van der Waals surface area contributed by atoms with E-state index in [0.717, 1.165) is 22.9 Å². The van der Waals surface area contributed by atoms with Crippen molar-refractivity contribution in [3.05, 3.63) is 76.2 Å². The maximum Gasteiger partial charge on any atom is 0.254 e. The molecule has 9 heteroatoms. The predicted octanol–water partition coefficient (Wildman–Crippen LogP) is 3.02. The summed E-state index contributed by atoms with van der Waals surface area (Å²) in [7, 11) is 0. The van der Waals surface area contributed by atoms with Crippen molar-refractivity contribution in [2.24, 2.45) is 0 Å². The maximum atomic E-state index is 13.8. The third-order valence-corrected chi connectivity index (χ3v) is 4.46. The summed E-state index contributed by atoms with van der Waals surface area (Å²) in [5.41, 5.74) is 13.9. The quantitative estimate of drug-likeness (QED) is 0.472. The van der Waals surface area contributed by atoms with Crippen LogP contribution in [-0.2, 0) is 13.0 Å². The second-order valence-electron chi connectivity index (χ2n) is 6.32. The molecule has 1 aromatic heterocycles. The first-order valence-electron chi connectivity index (χ1n) is 8.85. The van der Waals surface area contributed by atoms with Gasteiger partial charge in [0.2, 0.25) is 5.95 Å². The summed E-state index contributed by atoms with van der Waals surface area (Å²) in [5.74, 6) is -0.630. The highest BCUT2D eigenvalue weighted by Crippen LogP contribution is 2.15. The van der Waals surface area contributed by atoms with Gasteiger partial charge in [0.05, 0.1) is 5.56 Å². The molecule has 0 bridgehead atoms. The molecule has 0 aliphatic rings. The molecule has 6 N–H and O–H groups in total. The Balaban J connectivity index is 1.48. The van der Waals surface area contributed by atoms with Crippen LogP contribution in [0.3, 0.4) is 0 Å². The van der Waals surface area contributed by atoms with Gasteiger partial charge in [-0.1, -0.05) is 23.7 Å². The lowest BCUT2D eigenvalue weighted by Crippen LogP contribution is -2.26. The lowest BCUT2D eigenvalue weighted by atomic mass is 10.1. The summed E-state index contributed by atoms with van der Waals surface area (Å²) < 4.78 is 13.8. The molecule has 0 fully saturated rings. The van der Waals surface area contributed by atoms with Crippen molar-refractivity contribution in [3.63, 3.8) is 0 Å². The summed E-state index contributed by atoms with van der Waals surface area (Å²) in [5, 5.41) is 6.19. The van der Waals surface area contributed by atoms with Crippen LogP contribution < -0.4 is 22.1 Å². The summed E-state index contributed by atoms with van der Waals surface area (Å²) in [6.45, 7) is 0.848. The molecule has 0 saturated heterocycles. The molecular formula is C20H20ClFN6O. The van der Waals surface area contributed by atoms with E-state index in [9.17, 15) is 9.18 Å². The zero-order chi connectivity index (χ0) is 20.8. The number of rotatable bonds is 7. The van der Waals surface area contributed by atoms with Crippen molar-refractivity contribution in [2.45, 2.75) is 13.0 Å². The van der Waals surface area contributed by atoms with Gasteiger partial charge in [-0.15, -0.1) is 0 Å². The largest absolute Gasteiger partial charge is 0.383 e. The van der Waals surface area contributed by atoms with Crippen LogP contribution in [-0.4, -0.2) is 22.4 Å². The van der Waals surface area contributed by atoms with Gasteiger partial charge in [0.15, 0.2) is 0 Å². The van der Waals surface area contributed by atoms with Crippen LogP contribution in [0.1, 0.15) is 21.5 Å². The first kappa shape index (κ1) is 20.3. The van der Waals surface area contributed by atoms with Crippen molar-refractivity contribution in [1.82, 2.24) is 15.3 Å². The van der Waals surface area contributed by atoms with Crippen LogP contribution in [0.4, 0.5) is 21.8 Å². The zero-order valence-electron chi connectivity index (χ0n) is 15.5. The van der Waals surface area contributed by atoms with Gasteiger partial charge in [-0.3, -0.25) is 4.79 Å². The molecule has 2 aromatic carbocycles. The van der Waals surface area contributed by atoms with Gasteiger partial charge in [0, 0.05) is 35.6 Å². The number of nitrogens with one attached hydrogen (secondary N) is 2. The Labute approximate surface area is 172 Å². The molecule has 0 aliphatic heterocycles. The summed E-state index contributed by atoms with van der Waals surface area (Å²) in [4.78, 5) is 19.9.